The summed E-state index contributed by atoms with van der Waals surface area (Å²) >= 11 is 1.51. The lowest BCUT2D eigenvalue weighted by molar-refractivity contribution is 0.651. The first-order valence-electron chi connectivity index (χ1n) is 6.59. The molecule has 1 aliphatic heterocycles. The van der Waals surface area contributed by atoms with E-state index >= 15 is 0 Å². The van der Waals surface area contributed by atoms with E-state index in [9.17, 15) is 0 Å². The van der Waals surface area contributed by atoms with Gasteiger partial charge >= 0.3 is 0 Å². The molecule has 0 atom stereocenters. The van der Waals surface area contributed by atoms with Crippen molar-refractivity contribution >= 4 is 22.4 Å². The van der Waals surface area contributed by atoms with Gasteiger partial charge in [-0.1, -0.05) is 6.92 Å². The molecule has 1 saturated heterocycles. The third-order valence-corrected chi connectivity index (χ3v) is 4.17. The van der Waals surface area contributed by atoms with Crippen LogP contribution in [0.4, 0.5) is 10.8 Å². The minimum atomic E-state index is 0.910. The molecule has 2 aromatic heterocycles. The highest BCUT2D eigenvalue weighted by Gasteiger charge is 2.19. The van der Waals surface area contributed by atoms with Gasteiger partial charge in [-0.05, 0) is 12.1 Å². The molecular weight excluding hydrogens is 258 g/mol. The van der Waals surface area contributed by atoms with Gasteiger partial charge in [-0.25, -0.2) is 4.98 Å². The molecule has 2 aromatic rings. The van der Waals surface area contributed by atoms with Crippen LogP contribution in [0.5, 0.6) is 0 Å². The summed E-state index contributed by atoms with van der Waals surface area (Å²) in [7, 11) is 0. The highest BCUT2D eigenvalue weighted by Crippen LogP contribution is 2.21. The molecule has 0 radical (unpaired) electrons. The predicted molar refractivity (Wildman–Crippen MR) is 78.0 cm³/mol. The van der Waals surface area contributed by atoms with Gasteiger partial charge in [-0.2, -0.15) is 4.37 Å². The molecule has 1 fully saturated rings. The smallest absolute Gasteiger partial charge is 0.205 e. The van der Waals surface area contributed by atoms with E-state index in [1.54, 1.807) is 0 Å². The van der Waals surface area contributed by atoms with E-state index in [0.29, 0.717) is 0 Å². The normalized spacial score (nSPS) is 15.8. The van der Waals surface area contributed by atoms with Crippen LogP contribution in [0, 0.1) is 0 Å². The average molecular weight is 275 g/mol. The summed E-state index contributed by atoms with van der Waals surface area (Å²) in [6, 6.07) is 4.13. The Kier molecular flexibility index (Phi) is 3.59. The molecule has 100 valence electrons. The second-order valence-electron chi connectivity index (χ2n) is 4.53. The number of nitrogens with zero attached hydrogens (tertiary/aromatic N) is 5. The maximum absolute atomic E-state index is 4.56. The van der Waals surface area contributed by atoms with Crippen LogP contribution in [-0.4, -0.2) is 40.5 Å². The van der Waals surface area contributed by atoms with Crippen LogP contribution in [0.3, 0.4) is 0 Å². The van der Waals surface area contributed by atoms with Crippen LogP contribution in [0.2, 0.25) is 0 Å². The van der Waals surface area contributed by atoms with Gasteiger partial charge in [0.05, 0.1) is 0 Å². The Morgan fingerprint density at radius 1 is 1.11 bits per heavy atom. The SMILES string of the molecule is CCc1nsc(N2CCN(c3ccncc3)CC2)n1. The van der Waals surface area contributed by atoms with Gasteiger partial charge in [0.25, 0.3) is 0 Å². The number of aromatic nitrogens is 3. The molecule has 3 heterocycles. The zero-order valence-corrected chi connectivity index (χ0v) is 11.8. The van der Waals surface area contributed by atoms with Crippen molar-refractivity contribution < 1.29 is 0 Å². The van der Waals surface area contributed by atoms with Gasteiger partial charge in [0, 0.05) is 62.2 Å². The van der Waals surface area contributed by atoms with E-state index in [1.807, 2.05) is 12.4 Å². The lowest BCUT2D eigenvalue weighted by atomic mass is 10.3. The third-order valence-electron chi connectivity index (χ3n) is 3.35. The number of hydrogen-bond acceptors (Lipinski definition) is 6. The molecule has 0 aliphatic carbocycles. The van der Waals surface area contributed by atoms with Crippen LogP contribution in [0.15, 0.2) is 24.5 Å². The van der Waals surface area contributed by atoms with E-state index in [4.69, 9.17) is 0 Å². The van der Waals surface area contributed by atoms with Gasteiger partial charge in [0.15, 0.2) is 0 Å². The summed E-state index contributed by atoms with van der Waals surface area (Å²) in [6.45, 7) is 6.13. The number of piperazine rings is 1. The van der Waals surface area contributed by atoms with Crippen molar-refractivity contribution in [3.8, 4) is 0 Å². The molecule has 0 bridgehead atoms. The van der Waals surface area contributed by atoms with Crippen LogP contribution in [-0.2, 0) is 6.42 Å². The average Bonchev–Trinajstić information content (AvgIpc) is 2.97. The fraction of sp³-hybridized carbons (Fsp3) is 0.462. The van der Waals surface area contributed by atoms with E-state index in [2.05, 4.69) is 43.2 Å². The zero-order valence-electron chi connectivity index (χ0n) is 11.0. The first-order valence-corrected chi connectivity index (χ1v) is 7.36. The molecule has 19 heavy (non-hydrogen) atoms. The Morgan fingerprint density at radius 2 is 1.79 bits per heavy atom. The lowest BCUT2D eigenvalue weighted by Crippen LogP contribution is -2.46. The summed E-state index contributed by atoms with van der Waals surface area (Å²) in [5, 5.41) is 1.06. The predicted octanol–water partition coefficient (Wildman–Crippen LogP) is 1.82. The maximum atomic E-state index is 4.56. The van der Waals surface area contributed by atoms with E-state index in [0.717, 1.165) is 43.6 Å². The van der Waals surface area contributed by atoms with Gasteiger partial charge in [0.2, 0.25) is 5.13 Å². The number of rotatable bonds is 3. The first kappa shape index (κ1) is 12.3. The van der Waals surface area contributed by atoms with Crippen LogP contribution < -0.4 is 9.80 Å². The van der Waals surface area contributed by atoms with Gasteiger partial charge < -0.3 is 9.80 Å². The maximum Gasteiger partial charge on any atom is 0.205 e. The molecule has 0 N–H and O–H groups in total. The molecule has 0 saturated carbocycles. The quantitative estimate of drug-likeness (QED) is 0.855. The Morgan fingerprint density at radius 3 is 2.42 bits per heavy atom. The second kappa shape index (κ2) is 5.52. The van der Waals surface area contributed by atoms with E-state index < -0.39 is 0 Å². The molecule has 5 nitrogen and oxygen atoms in total. The molecule has 0 spiro atoms. The second-order valence-corrected chi connectivity index (χ2v) is 5.26. The molecule has 3 rings (SSSR count). The summed E-state index contributed by atoms with van der Waals surface area (Å²) in [6.07, 6.45) is 4.60. The summed E-state index contributed by atoms with van der Waals surface area (Å²) in [5.74, 6) is 0.955. The zero-order chi connectivity index (χ0) is 13.1. The number of anilines is 2. The number of hydrogen-bond donors (Lipinski definition) is 0. The number of aryl methyl sites for hydroxylation is 1. The Balaban J connectivity index is 1.63. The van der Waals surface area contributed by atoms with E-state index in [-0.39, 0.29) is 0 Å². The van der Waals surface area contributed by atoms with Gasteiger partial charge in [-0.15, -0.1) is 0 Å². The highest BCUT2D eigenvalue weighted by molar-refractivity contribution is 7.09. The summed E-state index contributed by atoms with van der Waals surface area (Å²) in [5.41, 5.74) is 1.25. The van der Waals surface area contributed by atoms with Gasteiger partial charge in [-0.3, -0.25) is 4.98 Å². The minimum absolute atomic E-state index is 0.910. The topological polar surface area (TPSA) is 45.2 Å². The summed E-state index contributed by atoms with van der Waals surface area (Å²) in [4.78, 5) is 13.3. The molecule has 6 heteroatoms. The van der Waals surface area contributed by atoms with Crippen molar-refractivity contribution in [2.45, 2.75) is 13.3 Å². The minimum Gasteiger partial charge on any atom is -0.368 e. The fourth-order valence-corrected chi connectivity index (χ4v) is 3.03. The molecule has 0 amide bonds. The van der Waals surface area contributed by atoms with Crippen LogP contribution >= 0.6 is 11.5 Å². The molecular formula is C13H17N5S. The molecule has 1 aliphatic rings. The van der Waals surface area contributed by atoms with Crippen molar-refractivity contribution in [1.82, 2.24) is 14.3 Å². The Bertz CT molecular complexity index is 519. The fourth-order valence-electron chi connectivity index (χ4n) is 2.23. The largest absolute Gasteiger partial charge is 0.368 e. The van der Waals surface area contributed by atoms with Crippen molar-refractivity contribution in [1.29, 1.82) is 0 Å². The Labute approximate surface area is 117 Å². The van der Waals surface area contributed by atoms with Gasteiger partial charge in [0.1, 0.15) is 5.82 Å². The van der Waals surface area contributed by atoms with Crippen molar-refractivity contribution in [2.75, 3.05) is 36.0 Å². The highest BCUT2D eigenvalue weighted by atomic mass is 32.1. The summed E-state index contributed by atoms with van der Waals surface area (Å²) < 4.78 is 4.35. The Hall–Kier alpha value is -1.69. The van der Waals surface area contributed by atoms with Crippen molar-refractivity contribution in [2.24, 2.45) is 0 Å². The third kappa shape index (κ3) is 2.68. The number of pyridine rings is 1. The first-order chi connectivity index (χ1) is 9.36. The monoisotopic (exact) mass is 275 g/mol. The van der Waals surface area contributed by atoms with Crippen LogP contribution in [0.25, 0.3) is 0 Å². The lowest BCUT2D eigenvalue weighted by Gasteiger charge is -2.35. The van der Waals surface area contributed by atoms with E-state index in [1.165, 1.54) is 17.2 Å². The van der Waals surface area contributed by atoms with Crippen LogP contribution in [0.1, 0.15) is 12.7 Å². The van der Waals surface area contributed by atoms with Crippen molar-refractivity contribution in [3.63, 3.8) is 0 Å². The standard InChI is InChI=1S/C13H17N5S/c1-2-12-15-13(19-16-12)18-9-7-17(8-10-18)11-3-5-14-6-4-11/h3-6H,2,7-10H2,1H3. The molecule has 0 aromatic carbocycles. The molecule has 0 unspecified atom stereocenters. The van der Waals surface area contributed by atoms with Crippen molar-refractivity contribution in [3.05, 3.63) is 30.4 Å².